The maximum atomic E-state index is 11.2. The van der Waals surface area contributed by atoms with Gasteiger partial charge in [0.1, 0.15) is 6.07 Å². The molecule has 0 aromatic heterocycles. The van der Waals surface area contributed by atoms with Gasteiger partial charge in [-0.2, -0.15) is 5.26 Å². The van der Waals surface area contributed by atoms with Gasteiger partial charge in [0.2, 0.25) is 0 Å². The Labute approximate surface area is 88.3 Å². The highest BCUT2D eigenvalue weighted by atomic mass is 16.5. The van der Waals surface area contributed by atoms with Crippen molar-refractivity contribution in [1.29, 1.82) is 5.26 Å². The van der Waals surface area contributed by atoms with Crippen molar-refractivity contribution < 1.29 is 9.53 Å². The number of nitriles is 1. The van der Waals surface area contributed by atoms with Crippen LogP contribution in [-0.4, -0.2) is 12.6 Å². The molecule has 0 unspecified atom stereocenters. The van der Waals surface area contributed by atoms with Crippen LogP contribution in [0.5, 0.6) is 0 Å². The van der Waals surface area contributed by atoms with Crippen molar-refractivity contribution in [2.24, 2.45) is 0 Å². The van der Waals surface area contributed by atoms with Gasteiger partial charge < -0.3 is 10.5 Å². The Hall–Kier alpha value is -2.02. The summed E-state index contributed by atoms with van der Waals surface area (Å²) in [5.74, 6) is -0.290. The van der Waals surface area contributed by atoms with E-state index in [1.54, 1.807) is 25.1 Å². The zero-order valence-electron chi connectivity index (χ0n) is 8.49. The van der Waals surface area contributed by atoms with Crippen LogP contribution in [0.3, 0.4) is 0 Å². The second-order valence-corrected chi connectivity index (χ2v) is 3.02. The first-order valence-corrected chi connectivity index (χ1v) is 4.61. The van der Waals surface area contributed by atoms with Crippen molar-refractivity contribution in [3.8, 4) is 6.07 Å². The number of nitrogens with zero attached hydrogens (tertiary/aromatic N) is 1. The minimum absolute atomic E-state index is 0.184. The maximum Gasteiger partial charge on any atom is 0.310 e. The molecule has 0 aliphatic rings. The third kappa shape index (κ3) is 2.99. The lowest BCUT2D eigenvalue weighted by Gasteiger charge is -2.03. The summed E-state index contributed by atoms with van der Waals surface area (Å²) in [6.07, 6.45) is 0.184. The molecule has 4 nitrogen and oxygen atoms in total. The summed E-state index contributed by atoms with van der Waals surface area (Å²) in [6, 6.07) is 6.88. The van der Waals surface area contributed by atoms with Gasteiger partial charge in [-0.05, 0) is 24.6 Å². The van der Waals surface area contributed by atoms with E-state index >= 15 is 0 Å². The quantitative estimate of drug-likeness (QED) is 0.593. The average molecular weight is 204 g/mol. The number of carbonyl (C=O) groups excluding carboxylic acids is 1. The molecule has 2 N–H and O–H groups in total. The Kier molecular flexibility index (Phi) is 3.69. The molecule has 15 heavy (non-hydrogen) atoms. The van der Waals surface area contributed by atoms with Crippen molar-refractivity contribution in [2.75, 3.05) is 12.3 Å². The molecule has 0 radical (unpaired) electrons. The first kappa shape index (κ1) is 11.1. The number of ether oxygens (including phenoxy) is 1. The Morgan fingerprint density at radius 3 is 2.87 bits per heavy atom. The number of hydrogen-bond donors (Lipinski definition) is 1. The molecule has 0 spiro atoms. The lowest BCUT2D eigenvalue weighted by Crippen LogP contribution is -2.07. The summed E-state index contributed by atoms with van der Waals surface area (Å²) in [4.78, 5) is 11.2. The summed E-state index contributed by atoms with van der Waals surface area (Å²) in [5, 5.41) is 8.65. The predicted molar refractivity (Wildman–Crippen MR) is 55.9 cm³/mol. The Morgan fingerprint density at radius 2 is 2.33 bits per heavy atom. The highest BCUT2D eigenvalue weighted by Gasteiger charge is 2.05. The monoisotopic (exact) mass is 204 g/mol. The fourth-order valence-corrected chi connectivity index (χ4v) is 1.20. The number of esters is 1. The molecule has 0 saturated heterocycles. The summed E-state index contributed by atoms with van der Waals surface area (Å²) in [7, 11) is 0. The van der Waals surface area contributed by atoms with E-state index in [9.17, 15) is 4.79 Å². The second kappa shape index (κ2) is 5.01. The summed E-state index contributed by atoms with van der Waals surface area (Å²) >= 11 is 0. The van der Waals surface area contributed by atoms with Crippen LogP contribution in [0.2, 0.25) is 0 Å². The van der Waals surface area contributed by atoms with E-state index in [1.165, 1.54) is 0 Å². The standard InChI is InChI=1S/C11H12N2O2/c1-2-15-11(14)6-8-3-4-9(7-12)10(13)5-8/h3-5H,2,6,13H2,1H3. The van der Waals surface area contributed by atoms with Gasteiger partial charge in [-0.15, -0.1) is 0 Å². The van der Waals surface area contributed by atoms with Crippen LogP contribution in [0.15, 0.2) is 18.2 Å². The van der Waals surface area contributed by atoms with Crippen LogP contribution in [0.1, 0.15) is 18.1 Å². The molecule has 0 heterocycles. The van der Waals surface area contributed by atoms with Gasteiger partial charge in [0.15, 0.2) is 0 Å². The highest BCUT2D eigenvalue weighted by molar-refractivity contribution is 5.73. The Bertz CT molecular complexity index is 408. The largest absolute Gasteiger partial charge is 0.466 e. The van der Waals surface area contributed by atoms with E-state index in [4.69, 9.17) is 15.7 Å². The summed E-state index contributed by atoms with van der Waals surface area (Å²) in [6.45, 7) is 2.12. The molecule has 0 atom stereocenters. The topological polar surface area (TPSA) is 76.1 Å². The number of rotatable bonds is 3. The van der Waals surface area contributed by atoms with Crippen LogP contribution in [0, 0.1) is 11.3 Å². The molecule has 0 fully saturated rings. The molecular weight excluding hydrogens is 192 g/mol. The van der Waals surface area contributed by atoms with Crippen LogP contribution < -0.4 is 5.73 Å². The molecule has 0 amide bonds. The number of anilines is 1. The molecule has 0 bridgehead atoms. The number of nitrogen functional groups attached to an aromatic ring is 1. The van der Waals surface area contributed by atoms with Crippen molar-refractivity contribution in [1.82, 2.24) is 0 Å². The van der Waals surface area contributed by atoms with E-state index in [1.807, 2.05) is 6.07 Å². The number of benzene rings is 1. The summed E-state index contributed by atoms with van der Waals surface area (Å²) < 4.78 is 4.80. The molecule has 4 heteroatoms. The second-order valence-electron chi connectivity index (χ2n) is 3.02. The third-order valence-electron chi connectivity index (χ3n) is 1.89. The molecular formula is C11H12N2O2. The van der Waals surface area contributed by atoms with Gasteiger partial charge in [0.05, 0.1) is 18.6 Å². The van der Waals surface area contributed by atoms with Crippen molar-refractivity contribution in [3.63, 3.8) is 0 Å². The van der Waals surface area contributed by atoms with E-state index < -0.39 is 0 Å². The zero-order valence-corrected chi connectivity index (χ0v) is 8.49. The third-order valence-corrected chi connectivity index (χ3v) is 1.89. The van der Waals surface area contributed by atoms with E-state index in [0.717, 1.165) is 5.56 Å². The molecule has 1 aromatic carbocycles. The van der Waals surface area contributed by atoms with Crippen molar-refractivity contribution >= 4 is 11.7 Å². The molecule has 0 aliphatic carbocycles. The summed E-state index contributed by atoms with van der Waals surface area (Å²) in [5.41, 5.74) is 7.17. The van der Waals surface area contributed by atoms with Gasteiger partial charge in [-0.3, -0.25) is 4.79 Å². The maximum absolute atomic E-state index is 11.2. The fourth-order valence-electron chi connectivity index (χ4n) is 1.20. The SMILES string of the molecule is CCOC(=O)Cc1ccc(C#N)c(N)c1. The van der Waals surface area contributed by atoms with E-state index in [0.29, 0.717) is 17.9 Å². The molecule has 0 saturated carbocycles. The van der Waals surface area contributed by atoms with E-state index in [2.05, 4.69) is 0 Å². The zero-order chi connectivity index (χ0) is 11.3. The first-order valence-electron chi connectivity index (χ1n) is 4.61. The van der Waals surface area contributed by atoms with E-state index in [-0.39, 0.29) is 12.4 Å². The van der Waals surface area contributed by atoms with Gasteiger partial charge in [0.25, 0.3) is 0 Å². The van der Waals surface area contributed by atoms with Gasteiger partial charge >= 0.3 is 5.97 Å². The molecule has 1 rings (SSSR count). The highest BCUT2D eigenvalue weighted by Crippen LogP contribution is 2.13. The lowest BCUT2D eigenvalue weighted by atomic mass is 10.1. The number of carbonyl (C=O) groups is 1. The minimum Gasteiger partial charge on any atom is -0.466 e. The molecule has 0 aliphatic heterocycles. The smallest absolute Gasteiger partial charge is 0.310 e. The Balaban J connectivity index is 2.76. The Morgan fingerprint density at radius 1 is 1.60 bits per heavy atom. The van der Waals surface area contributed by atoms with Crippen molar-refractivity contribution in [3.05, 3.63) is 29.3 Å². The average Bonchev–Trinajstić information content (AvgIpc) is 2.18. The normalized spacial score (nSPS) is 9.33. The number of hydrogen-bond acceptors (Lipinski definition) is 4. The van der Waals surface area contributed by atoms with Gasteiger partial charge in [-0.25, -0.2) is 0 Å². The van der Waals surface area contributed by atoms with Crippen LogP contribution in [0.4, 0.5) is 5.69 Å². The van der Waals surface area contributed by atoms with Crippen molar-refractivity contribution in [2.45, 2.75) is 13.3 Å². The van der Waals surface area contributed by atoms with Crippen LogP contribution >= 0.6 is 0 Å². The fraction of sp³-hybridized carbons (Fsp3) is 0.273. The minimum atomic E-state index is -0.290. The number of nitrogens with two attached hydrogens (primary N) is 1. The molecule has 78 valence electrons. The first-order chi connectivity index (χ1) is 7.17. The van der Waals surface area contributed by atoms with Crippen LogP contribution in [-0.2, 0) is 16.0 Å². The predicted octanol–water partition coefficient (Wildman–Crippen LogP) is 1.25. The van der Waals surface area contributed by atoms with Gasteiger partial charge in [0, 0.05) is 5.69 Å². The van der Waals surface area contributed by atoms with Gasteiger partial charge in [-0.1, -0.05) is 6.07 Å². The lowest BCUT2D eigenvalue weighted by molar-refractivity contribution is -0.142. The van der Waals surface area contributed by atoms with Crippen LogP contribution in [0.25, 0.3) is 0 Å². The molecule has 1 aromatic rings.